The number of ether oxygens (including phenoxy) is 1. The van der Waals surface area contributed by atoms with Crippen LogP contribution in [0.15, 0.2) is 30.3 Å². The molecule has 1 N–H and O–H groups in total. The number of para-hydroxylation sites is 1. The van der Waals surface area contributed by atoms with Gasteiger partial charge in [-0.2, -0.15) is 0 Å². The molecule has 0 amide bonds. The molecule has 1 aliphatic heterocycles. The molecule has 1 aromatic heterocycles. The van der Waals surface area contributed by atoms with Crippen molar-refractivity contribution in [2.75, 3.05) is 20.3 Å². The lowest BCUT2D eigenvalue weighted by molar-refractivity contribution is 0.111. The van der Waals surface area contributed by atoms with E-state index < -0.39 is 0 Å². The zero-order valence-corrected chi connectivity index (χ0v) is 10.9. The highest BCUT2D eigenvalue weighted by molar-refractivity contribution is 5.80. The molecule has 0 bridgehead atoms. The molecule has 3 heteroatoms. The number of likely N-dealkylation sites (tertiary alicyclic amines) is 1. The number of hydrogen-bond acceptors (Lipinski definition) is 2. The highest BCUT2D eigenvalue weighted by Crippen LogP contribution is 2.22. The lowest BCUT2D eigenvalue weighted by Gasteiger charge is -2.23. The first-order valence-electron chi connectivity index (χ1n) is 6.66. The van der Waals surface area contributed by atoms with Crippen LogP contribution in [0, 0.1) is 0 Å². The first-order chi connectivity index (χ1) is 8.86. The highest BCUT2D eigenvalue weighted by atomic mass is 16.5. The summed E-state index contributed by atoms with van der Waals surface area (Å²) < 4.78 is 5.30. The molecule has 1 saturated heterocycles. The van der Waals surface area contributed by atoms with Gasteiger partial charge in [0.05, 0.1) is 6.61 Å². The Morgan fingerprint density at radius 1 is 1.39 bits per heavy atom. The molecule has 1 unspecified atom stereocenters. The SMILES string of the molecule is COCC1CCCN1Cc1cc2ccccc2[nH]1. The van der Waals surface area contributed by atoms with Crippen molar-refractivity contribution in [3.63, 3.8) is 0 Å². The predicted molar refractivity (Wildman–Crippen MR) is 73.6 cm³/mol. The lowest BCUT2D eigenvalue weighted by atomic mass is 10.2. The van der Waals surface area contributed by atoms with Crippen LogP contribution >= 0.6 is 0 Å². The van der Waals surface area contributed by atoms with Gasteiger partial charge in [-0.3, -0.25) is 4.90 Å². The summed E-state index contributed by atoms with van der Waals surface area (Å²) in [5, 5.41) is 1.30. The molecule has 1 aromatic carbocycles. The molecule has 18 heavy (non-hydrogen) atoms. The number of rotatable bonds is 4. The maximum atomic E-state index is 5.30. The largest absolute Gasteiger partial charge is 0.383 e. The van der Waals surface area contributed by atoms with Gasteiger partial charge in [0.2, 0.25) is 0 Å². The van der Waals surface area contributed by atoms with E-state index in [4.69, 9.17) is 4.74 Å². The Morgan fingerprint density at radius 3 is 3.11 bits per heavy atom. The van der Waals surface area contributed by atoms with Crippen LogP contribution in [-0.4, -0.2) is 36.2 Å². The zero-order chi connectivity index (χ0) is 12.4. The molecule has 1 atom stereocenters. The van der Waals surface area contributed by atoms with Crippen LogP contribution in [0.2, 0.25) is 0 Å². The Balaban J connectivity index is 1.75. The molecular weight excluding hydrogens is 224 g/mol. The van der Waals surface area contributed by atoms with Crippen molar-refractivity contribution in [3.8, 4) is 0 Å². The van der Waals surface area contributed by atoms with Gasteiger partial charge >= 0.3 is 0 Å². The number of methoxy groups -OCH3 is 1. The zero-order valence-electron chi connectivity index (χ0n) is 10.9. The molecule has 2 heterocycles. The Bertz CT molecular complexity index is 487. The summed E-state index contributed by atoms with van der Waals surface area (Å²) in [5.41, 5.74) is 2.54. The van der Waals surface area contributed by atoms with Crippen LogP contribution in [0.1, 0.15) is 18.5 Å². The van der Waals surface area contributed by atoms with Crippen LogP contribution in [0.5, 0.6) is 0 Å². The average molecular weight is 244 g/mol. The Labute approximate surface area is 108 Å². The van der Waals surface area contributed by atoms with Crippen LogP contribution in [0.3, 0.4) is 0 Å². The van der Waals surface area contributed by atoms with Crippen molar-refractivity contribution in [3.05, 3.63) is 36.0 Å². The van der Waals surface area contributed by atoms with Crippen molar-refractivity contribution in [1.82, 2.24) is 9.88 Å². The van der Waals surface area contributed by atoms with Crippen LogP contribution < -0.4 is 0 Å². The summed E-state index contributed by atoms with van der Waals surface area (Å²) in [6, 6.07) is 11.3. The quantitative estimate of drug-likeness (QED) is 0.895. The van der Waals surface area contributed by atoms with Crippen molar-refractivity contribution < 1.29 is 4.74 Å². The van der Waals surface area contributed by atoms with E-state index in [1.807, 2.05) is 0 Å². The summed E-state index contributed by atoms with van der Waals surface area (Å²) in [6.45, 7) is 3.03. The number of nitrogens with zero attached hydrogens (tertiary/aromatic N) is 1. The standard InChI is InChI=1S/C15H20N2O/c1-18-11-14-6-4-8-17(14)10-13-9-12-5-2-3-7-15(12)16-13/h2-3,5,7,9,14,16H,4,6,8,10-11H2,1H3. The van der Waals surface area contributed by atoms with Crippen molar-refractivity contribution in [2.45, 2.75) is 25.4 Å². The fourth-order valence-corrected chi connectivity index (χ4v) is 2.92. The maximum absolute atomic E-state index is 5.30. The topological polar surface area (TPSA) is 28.3 Å². The maximum Gasteiger partial charge on any atom is 0.0618 e. The molecule has 1 fully saturated rings. The second kappa shape index (κ2) is 5.12. The Hall–Kier alpha value is -1.32. The molecule has 0 saturated carbocycles. The predicted octanol–water partition coefficient (Wildman–Crippen LogP) is 2.78. The highest BCUT2D eigenvalue weighted by Gasteiger charge is 2.24. The fraction of sp³-hybridized carbons (Fsp3) is 0.467. The molecule has 96 valence electrons. The van der Waals surface area contributed by atoms with Crippen LogP contribution in [0.4, 0.5) is 0 Å². The van der Waals surface area contributed by atoms with Crippen molar-refractivity contribution in [2.24, 2.45) is 0 Å². The molecule has 0 aliphatic carbocycles. The van der Waals surface area contributed by atoms with Crippen LogP contribution in [0.25, 0.3) is 10.9 Å². The summed E-state index contributed by atoms with van der Waals surface area (Å²) in [7, 11) is 1.79. The van der Waals surface area contributed by atoms with E-state index in [0.717, 1.165) is 13.2 Å². The van der Waals surface area contributed by atoms with Crippen LogP contribution in [-0.2, 0) is 11.3 Å². The first kappa shape index (κ1) is 11.8. The third-order valence-corrected chi connectivity index (χ3v) is 3.82. The number of benzene rings is 1. The lowest BCUT2D eigenvalue weighted by Crippen LogP contribution is -2.32. The Morgan fingerprint density at radius 2 is 2.28 bits per heavy atom. The summed E-state index contributed by atoms with van der Waals surface area (Å²) in [4.78, 5) is 6.02. The van der Waals surface area contributed by atoms with Gasteiger partial charge in [0, 0.05) is 30.9 Å². The second-order valence-electron chi connectivity index (χ2n) is 5.10. The third kappa shape index (κ3) is 2.28. The number of H-pyrrole nitrogens is 1. The van der Waals surface area contributed by atoms with E-state index in [0.29, 0.717) is 6.04 Å². The van der Waals surface area contributed by atoms with E-state index in [1.165, 1.54) is 36.0 Å². The third-order valence-electron chi connectivity index (χ3n) is 3.82. The smallest absolute Gasteiger partial charge is 0.0618 e. The minimum Gasteiger partial charge on any atom is -0.383 e. The number of fused-ring (bicyclic) bond motifs is 1. The first-order valence-corrected chi connectivity index (χ1v) is 6.66. The number of aromatic amines is 1. The normalized spacial score (nSPS) is 20.8. The Kier molecular flexibility index (Phi) is 3.35. The van der Waals surface area contributed by atoms with E-state index >= 15 is 0 Å². The number of hydrogen-bond donors (Lipinski definition) is 1. The van der Waals surface area contributed by atoms with E-state index in [9.17, 15) is 0 Å². The van der Waals surface area contributed by atoms with Gasteiger partial charge in [-0.15, -0.1) is 0 Å². The van der Waals surface area contributed by atoms with Gasteiger partial charge in [0.15, 0.2) is 0 Å². The van der Waals surface area contributed by atoms with E-state index in [2.05, 4.69) is 40.2 Å². The van der Waals surface area contributed by atoms with Gasteiger partial charge in [0.25, 0.3) is 0 Å². The van der Waals surface area contributed by atoms with Gasteiger partial charge in [-0.25, -0.2) is 0 Å². The van der Waals surface area contributed by atoms with Crippen molar-refractivity contribution >= 4 is 10.9 Å². The van der Waals surface area contributed by atoms with Gasteiger partial charge < -0.3 is 9.72 Å². The second-order valence-corrected chi connectivity index (χ2v) is 5.10. The minimum atomic E-state index is 0.585. The van der Waals surface area contributed by atoms with E-state index in [-0.39, 0.29) is 0 Å². The molecule has 1 aliphatic rings. The molecule has 2 aromatic rings. The fourth-order valence-electron chi connectivity index (χ4n) is 2.92. The van der Waals surface area contributed by atoms with Crippen molar-refractivity contribution in [1.29, 1.82) is 0 Å². The monoisotopic (exact) mass is 244 g/mol. The summed E-state index contributed by atoms with van der Waals surface area (Å²) >= 11 is 0. The number of nitrogens with one attached hydrogen (secondary N) is 1. The molecule has 0 radical (unpaired) electrons. The molecule has 3 rings (SSSR count). The van der Waals surface area contributed by atoms with E-state index in [1.54, 1.807) is 7.11 Å². The molecule has 0 spiro atoms. The number of aromatic nitrogens is 1. The summed E-state index contributed by atoms with van der Waals surface area (Å²) in [6.07, 6.45) is 2.54. The molecular formula is C15H20N2O. The van der Waals surface area contributed by atoms with Gasteiger partial charge in [0.1, 0.15) is 0 Å². The minimum absolute atomic E-state index is 0.585. The average Bonchev–Trinajstić information content (AvgIpc) is 2.97. The van der Waals surface area contributed by atoms with Gasteiger partial charge in [-0.05, 0) is 36.9 Å². The summed E-state index contributed by atoms with van der Waals surface area (Å²) in [5.74, 6) is 0. The molecule has 3 nitrogen and oxygen atoms in total. The van der Waals surface area contributed by atoms with Gasteiger partial charge in [-0.1, -0.05) is 18.2 Å².